The van der Waals surface area contributed by atoms with Crippen LogP contribution in [0.15, 0.2) is 46.0 Å². The first-order valence-electron chi connectivity index (χ1n) is 7.92. The lowest BCUT2D eigenvalue weighted by Crippen LogP contribution is -2.33. The number of aromatic nitrogens is 3. The Morgan fingerprint density at radius 2 is 1.72 bits per heavy atom. The van der Waals surface area contributed by atoms with Crippen molar-refractivity contribution in [1.29, 1.82) is 0 Å². The Morgan fingerprint density at radius 1 is 0.920 bits per heavy atom. The second-order valence-corrected chi connectivity index (χ2v) is 6.13. The van der Waals surface area contributed by atoms with Gasteiger partial charge in [-0.05, 0) is 55.3 Å². The Labute approximate surface area is 142 Å². The molecule has 4 rings (SSSR count). The Hall–Kier alpha value is -3.28. The molecule has 0 unspecified atom stereocenters. The standard InChI is InChI=1S/C19H17N3O3/c1-10-4-5-12(8-11(10)2)22-18(23)17-16(21-19(22)24)14-9-13(25-3)6-7-15(14)20-17/h4-9,20H,1-3H3,(H,21,24). The minimum absolute atomic E-state index is 0.362. The Kier molecular flexibility index (Phi) is 3.28. The number of aryl methyl sites for hydroxylation is 2. The largest absolute Gasteiger partial charge is 0.497 e. The molecule has 2 heterocycles. The summed E-state index contributed by atoms with van der Waals surface area (Å²) in [6, 6.07) is 10.9. The maximum absolute atomic E-state index is 13.0. The molecule has 0 atom stereocenters. The summed E-state index contributed by atoms with van der Waals surface area (Å²) in [4.78, 5) is 31.5. The molecule has 25 heavy (non-hydrogen) atoms. The molecule has 0 aliphatic rings. The van der Waals surface area contributed by atoms with Crippen LogP contribution in [0.1, 0.15) is 11.1 Å². The minimum Gasteiger partial charge on any atom is -0.497 e. The summed E-state index contributed by atoms with van der Waals surface area (Å²) in [6.45, 7) is 3.94. The van der Waals surface area contributed by atoms with Crippen LogP contribution in [-0.4, -0.2) is 21.6 Å². The highest BCUT2D eigenvalue weighted by Crippen LogP contribution is 2.25. The number of methoxy groups -OCH3 is 1. The molecular weight excluding hydrogens is 318 g/mol. The van der Waals surface area contributed by atoms with Gasteiger partial charge in [0, 0.05) is 10.9 Å². The van der Waals surface area contributed by atoms with E-state index in [0.717, 1.165) is 26.6 Å². The molecule has 0 radical (unpaired) electrons. The van der Waals surface area contributed by atoms with Gasteiger partial charge in [0.25, 0.3) is 5.56 Å². The quantitative estimate of drug-likeness (QED) is 0.591. The third-order valence-electron chi connectivity index (χ3n) is 4.61. The third-order valence-corrected chi connectivity index (χ3v) is 4.61. The van der Waals surface area contributed by atoms with Crippen molar-refractivity contribution < 1.29 is 4.74 Å². The van der Waals surface area contributed by atoms with E-state index in [1.807, 2.05) is 32.0 Å². The number of benzene rings is 2. The first-order chi connectivity index (χ1) is 12.0. The van der Waals surface area contributed by atoms with E-state index in [1.165, 1.54) is 0 Å². The van der Waals surface area contributed by atoms with Gasteiger partial charge in [-0.15, -0.1) is 0 Å². The molecule has 0 aliphatic heterocycles. The molecule has 0 saturated heterocycles. The van der Waals surface area contributed by atoms with E-state index < -0.39 is 5.69 Å². The van der Waals surface area contributed by atoms with Crippen molar-refractivity contribution in [2.75, 3.05) is 7.11 Å². The number of fused-ring (bicyclic) bond motifs is 3. The van der Waals surface area contributed by atoms with Gasteiger partial charge in [-0.25, -0.2) is 9.36 Å². The molecule has 0 fully saturated rings. The first-order valence-corrected chi connectivity index (χ1v) is 7.92. The van der Waals surface area contributed by atoms with E-state index in [9.17, 15) is 9.59 Å². The van der Waals surface area contributed by atoms with Gasteiger partial charge in [-0.2, -0.15) is 0 Å². The highest BCUT2D eigenvalue weighted by atomic mass is 16.5. The van der Waals surface area contributed by atoms with Crippen molar-refractivity contribution in [1.82, 2.24) is 14.5 Å². The van der Waals surface area contributed by atoms with Crippen LogP contribution in [-0.2, 0) is 0 Å². The summed E-state index contributed by atoms with van der Waals surface area (Å²) >= 11 is 0. The van der Waals surface area contributed by atoms with Crippen molar-refractivity contribution in [2.45, 2.75) is 13.8 Å². The van der Waals surface area contributed by atoms with Crippen molar-refractivity contribution in [2.24, 2.45) is 0 Å². The number of nitrogens with zero attached hydrogens (tertiary/aromatic N) is 1. The maximum atomic E-state index is 13.0. The second-order valence-electron chi connectivity index (χ2n) is 6.13. The molecule has 0 amide bonds. The van der Waals surface area contributed by atoms with Crippen LogP contribution in [0.2, 0.25) is 0 Å². The summed E-state index contributed by atoms with van der Waals surface area (Å²) in [5.74, 6) is 0.660. The molecule has 0 spiro atoms. The lowest BCUT2D eigenvalue weighted by molar-refractivity contribution is 0.415. The molecule has 2 aromatic carbocycles. The zero-order valence-corrected chi connectivity index (χ0v) is 14.1. The first kappa shape index (κ1) is 15.3. The fourth-order valence-electron chi connectivity index (χ4n) is 3.05. The van der Waals surface area contributed by atoms with E-state index in [0.29, 0.717) is 22.5 Å². The SMILES string of the molecule is COc1ccc2[nH]c3c(=O)n(-c4ccc(C)c(C)c4)c(=O)[nH]c3c2c1. The molecule has 2 aromatic heterocycles. The fourth-order valence-corrected chi connectivity index (χ4v) is 3.05. The van der Waals surface area contributed by atoms with E-state index >= 15 is 0 Å². The number of nitrogens with one attached hydrogen (secondary N) is 2. The van der Waals surface area contributed by atoms with Crippen molar-refractivity contribution >= 4 is 21.9 Å². The average Bonchev–Trinajstić information content (AvgIpc) is 2.96. The number of H-pyrrole nitrogens is 2. The van der Waals surface area contributed by atoms with E-state index in [1.54, 1.807) is 25.3 Å². The molecule has 6 heteroatoms. The van der Waals surface area contributed by atoms with Crippen LogP contribution < -0.4 is 16.0 Å². The number of ether oxygens (including phenoxy) is 1. The monoisotopic (exact) mass is 335 g/mol. The van der Waals surface area contributed by atoms with Gasteiger partial charge in [-0.1, -0.05) is 6.07 Å². The van der Waals surface area contributed by atoms with Crippen LogP contribution in [0.3, 0.4) is 0 Å². The Balaban J connectivity index is 2.08. The van der Waals surface area contributed by atoms with Crippen LogP contribution in [0.5, 0.6) is 5.75 Å². The van der Waals surface area contributed by atoms with Gasteiger partial charge >= 0.3 is 5.69 Å². The molecule has 6 nitrogen and oxygen atoms in total. The average molecular weight is 335 g/mol. The van der Waals surface area contributed by atoms with Crippen LogP contribution >= 0.6 is 0 Å². The van der Waals surface area contributed by atoms with Crippen LogP contribution in [0.4, 0.5) is 0 Å². The van der Waals surface area contributed by atoms with E-state index in [-0.39, 0.29) is 5.56 Å². The van der Waals surface area contributed by atoms with Crippen LogP contribution in [0.25, 0.3) is 27.6 Å². The van der Waals surface area contributed by atoms with Gasteiger partial charge in [0.2, 0.25) is 0 Å². The summed E-state index contributed by atoms with van der Waals surface area (Å²) in [5.41, 5.74) is 3.44. The molecule has 0 saturated carbocycles. The highest BCUT2D eigenvalue weighted by Gasteiger charge is 2.15. The van der Waals surface area contributed by atoms with E-state index in [4.69, 9.17) is 4.74 Å². The molecule has 4 aromatic rings. The molecular formula is C19H17N3O3. The lowest BCUT2D eigenvalue weighted by Gasteiger charge is -2.07. The number of hydrogen-bond donors (Lipinski definition) is 2. The third kappa shape index (κ3) is 2.26. The van der Waals surface area contributed by atoms with Gasteiger partial charge in [0.1, 0.15) is 11.3 Å². The number of rotatable bonds is 2. The summed E-state index contributed by atoms with van der Waals surface area (Å²) < 4.78 is 6.38. The van der Waals surface area contributed by atoms with Crippen molar-refractivity contribution in [3.8, 4) is 11.4 Å². The predicted octanol–water partition coefficient (Wildman–Crippen LogP) is 2.79. The number of hydrogen-bond acceptors (Lipinski definition) is 3. The van der Waals surface area contributed by atoms with Gasteiger partial charge in [0.05, 0.1) is 18.3 Å². The van der Waals surface area contributed by atoms with Gasteiger partial charge in [-0.3, -0.25) is 4.79 Å². The minimum atomic E-state index is -0.468. The predicted molar refractivity (Wildman–Crippen MR) is 98.0 cm³/mol. The lowest BCUT2D eigenvalue weighted by atomic mass is 10.1. The molecule has 2 N–H and O–H groups in total. The summed E-state index contributed by atoms with van der Waals surface area (Å²) in [6.07, 6.45) is 0. The maximum Gasteiger partial charge on any atom is 0.333 e. The topological polar surface area (TPSA) is 79.9 Å². The van der Waals surface area contributed by atoms with Gasteiger partial charge in [0.15, 0.2) is 0 Å². The Morgan fingerprint density at radius 3 is 2.44 bits per heavy atom. The smallest absolute Gasteiger partial charge is 0.333 e. The Bertz CT molecular complexity index is 1240. The van der Waals surface area contributed by atoms with Crippen molar-refractivity contribution in [3.63, 3.8) is 0 Å². The normalized spacial score (nSPS) is 11.3. The fraction of sp³-hybridized carbons (Fsp3) is 0.158. The molecule has 0 aliphatic carbocycles. The molecule has 0 bridgehead atoms. The van der Waals surface area contributed by atoms with Gasteiger partial charge < -0.3 is 14.7 Å². The summed E-state index contributed by atoms with van der Waals surface area (Å²) in [5, 5.41) is 0.746. The second kappa shape index (κ2) is 5.37. The zero-order chi connectivity index (χ0) is 17.7. The highest BCUT2D eigenvalue weighted by molar-refractivity contribution is 6.04. The summed E-state index contributed by atoms with van der Waals surface area (Å²) in [7, 11) is 1.57. The van der Waals surface area contributed by atoms with Crippen molar-refractivity contribution in [3.05, 3.63) is 68.4 Å². The molecule has 126 valence electrons. The number of aromatic amines is 2. The van der Waals surface area contributed by atoms with E-state index in [2.05, 4.69) is 9.97 Å². The zero-order valence-electron chi connectivity index (χ0n) is 14.1. The van der Waals surface area contributed by atoms with Crippen LogP contribution in [0, 0.1) is 13.8 Å².